The first-order chi connectivity index (χ1) is 14.5. The Bertz CT molecular complexity index is 1010. The van der Waals surface area contributed by atoms with E-state index in [0.717, 1.165) is 18.1 Å². The van der Waals surface area contributed by atoms with Gasteiger partial charge in [0.2, 0.25) is 0 Å². The van der Waals surface area contributed by atoms with E-state index in [1.165, 1.54) is 30.1 Å². The summed E-state index contributed by atoms with van der Waals surface area (Å²) >= 11 is 0. The van der Waals surface area contributed by atoms with Crippen molar-refractivity contribution in [3.63, 3.8) is 0 Å². The molecule has 0 atom stereocenters. The zero-order valence-electron chi connectivity index (χ0n) is 19.0. The summed E-state index contributed by atoms with van der Waals surface area (Å²) in [6.45, 7) is 10.5. The highest BCUT2D eigenvalue weighted by molar-refractivity contribution is 5.92. The highest BCUT2D eigenvalue weighted by Crippen LogP contribution is 2.40. The molecule has 4 heteroatoms. The van der Waals surface area contributed by atoms with E-state index in [1.807, 2.05) is 19.1 Å². The number of hydrogen-bond donors (Lipinski definition) is 2. The molecule has 164 valence electrons. The van der Waals surface area contributed by atoms with E-state index >= 15 is 0 Å². The van der Waals surface area contributed by atoms with Gasteiger partial charge in [-0.3, -0.25) is 0 Å². The normalized spacial score (nSPS) is 17.9. The van der Waals surface area contributed by atoms with Gasteiger partial charge in [-0.05, 0) is 79.9 Å². The summed E-state index contributed by atoms with van der Waals surface area (Å²) in [5, 5.41) is 18.5. The van der Waals surface area contributed by atoms with Gasteiger partial charge >= 0.3 is 11.9 Å². The average Bonchev–Trinajstić information content (AvgIpc) is 2.67. The summed E-state index contributed by atoms with van der Waals surface area (Å²) in [6.07, 6.45) is 12.7. The lowest BCUT2D eigenvalue weighted by Crippen LogP contribution is -2.19. The summed E-state index contributed by atoms with van der Waals surface area (Å²) in [5.41, 5.74) is 6.05. The van der Waals surface area contributed by atoms with Crippen molar-refractivity contribution in [3.8, 4) is 0 Å². The van der Waals surface area contributed by atoms with Crippen molar-refractivity contribution in [2.75, 3.05) is 0 Å². The average molecular weight is 421 g/mol. The molecule has 0 heterocycles. The number of carboxylic acids is 2. The van der Waals surface area contributed by atoms with E-state index in [4.69, 9.17) is 0 Å². The Morgan fingerprint density at radius 2 is 1.74 bits per heavy atom. The molecule has 2 N–H and O–H groups in total. The van der Waals surface area contributed by atoms with Crippen LogP contribution >= 0.6 is 0 Å². The highest BCUT2D eigenvalue weighted by Gasteiger charge is 2.26. The predicted molar refractivity (Wildman–Crippen MR) is 126 cm³/mol. The topological polar surface area (TPSA) is 74.6 Å². The Kier molecular flexibility index (Phi) is 7.98. The highest BCUT2D eigenvalue weighted by atomic mass is 16.4. The summed E-state index contributed by atoms with van der Waals surface area (Å²) in [6, 6.07) is 6.53. The maximum atomic E-state index is 11.4. The standard InChI is InChI=1S/C27H32O4/c1-18(12-14-24-19(2)8-7-15-27(24,4)5)11-13-23(20(3)16-25(28)29)21-9-6-10-22(17-21)26(30)31/h6,9-14,16-17H,7-8,15H2,1-5H3,(H,28,29)(H,30,31)/b14-12+,18-11+,20-16-,23-13+. The van der Waals surface area contributed by atoms with Gasteiger partial charge in [-0.15, -0.1) is 0 Å². The fourth-order valence-corrected chi connectivity index (χ4v) is 4.03. The molecular formula is C27H32O4. The quantitative estimate of drug-likeness (QED) is 0.374. The van der Waals surface area contributed by atoms with Gasteiger partial charge in [0, 0.05) is 6.08 Å². The third-order valence-corrected chi connectivity index (χ3v) is 5.75. The second-order valence-electron chi connectivity index (χ2n) is 8.81. The van der Waals surface area contributed by atoms with Gasteiger partial charge in [0.05, 0.1) is 5.56 Å². The molecule has 31 heavy (non-hydrogen) atoms. The minimum absolute atomic E-state index is 0.161. The van der Waals surface area contributed by atoms with Gasteiger partial charge in [0.1, 0.15) is 0 Å². The Labute approximate surface area is 185 Å². The summed E-state index contributed by atoms with van der Waals surface area (Å²) in [7, 11) is 0. The number of rotatable bonds is 7. The smallest absolute Gasteiger partial charge is 0.335 e. The van der Waals surface area contributed by atoms with Crippen molar-refractivity contribution >= 4 is 17.5 Å². The molecule has 1 aromatic rings. The molecule has 4 nitrogen and oxygen atoms in total. The van der Waals surface area contributed by atoms with Crippen LogP contribution in [0.15, 0.2) is 76.9 Å². The lowest BCUT2D eigenvalue weighted by molar-refractivity contribution is -0.131. The van der Waals surface area contributed by atoms with Crippen LogP contribution in [0.5, 0.6) is 0 Å². The van der Waals surface area contributed by atoms with Crippen LogP contribution < -0.4 is 0 Å². The van der Waals surface area contributed by atoms with E-state index in [9.17, 15) is 19.8 Å². The van der Waals surface area contributed by atoms with Crippen molar-refractivity contribution in [3.05, 3.63) is 88.1 Å². The molecule has 0 unspecified atom stereocenters. The van der Waals surface area contributed by atoms with Crippen molar-refractivity contribution < 1.29 is 19.8 Å². The Hall–Kier alpha value is -3.14. The first kappa shape index (κ1) is 24.1. The third kappa shape index (κ3) is 6.68. The zero-order chi connectivity index (χ0) is 23.2. The van der Waals surface area contributed by atoms with E-state index < -0.39 is 11.9 Å². The van der Waals surface area contributed by atoms with Gasteiger partial charge in [-0.1, -0.05) is 61.4 Å². The third-order valence-electron chi connectivity index (χ3n) is 5.75. The summed E-state index contributed by atoms with van der Waals surface area (Å²) in [4.78, 5) is 22.5. The fraction of sp³-hybridized carbons (Fsp3) is 0.333. The summed E-state index contributed by atoms with van der Waals surface area (Å²) < 4.78 is 0. The van der Waals surface area contributed by atoms with Crippen molar-refractivity contribution in [2.45, 2.75) is 53.9 Å². The molecule has 0 fully saturated rings. The van der Waals surface area contributed by atoms with Crippen molar-refractivity contribution in [1.82, 2.24) is 0 Å². The monoisotopic (exact) mass is 420 g/mol. The Morgan fingerprint density at radius 3 is 2.35 bits per heavy atom. The van der Waals surface area contributed by atoms with E-state index in [0.29, 0.717) is 16.7 Å². The van der Waals surface area contributed by atoms with Crippen molar-refractivity contribution in [1.29, 1.82) is 0 Å². The molecule has 0 amide bonds. The largest absolute Gasteiger partial charge is 0.478 e. The van der Waals surface area contributed by atoms with Crippen LogP contribution in [0.2, 0.25) is 0 Å². The molecular weight excluding hydrogens is 388 g/mol. The maximum absolute atomic E-state index is 11.4. The first-order valence-electron chi connectivity index (χ1n) is 10.5. The van der Waals surface area contributed by atoms with Crippen LogP contribution in [0.3, 0.4) is 0 Å². The number of carboxylic acid groups (broad SMARTS) is 2. The number of carbonyl (C=O) groups is 2. The molecule has 1 aromatic carbocycles. The molecule has 0 spiro atoms. The fourth-order valence-electron chi connectivity index (χ4n) is 4.03. The molecule has 0 aromatic heterocycles. The van der Waals surface area contributed by atoms with Crippen LogP contribution in [0, 0.1) is 5.41 Å². The van der Waals surface area contributed by atoms with E-state index in [1.54, 1.807) is 25.1 Å². The SMILES string of the molecule is CC1=C(/C=C/C(C)=C/C=C(\C(C)=C/C(=O)O)c2cccc(C(=O)O)c2)C(C)(C)CCC1. The van der Waals surface area contributed by atoms with Crippen LogP contribution in [-0.4, -0.2) is 22.2 Å². The van der Waals surface area contributed by atoms with Crippen LogP contribution in [0.25, 0.3) is 5.57 Å². The number of allylic oxidation sites excluding steroid dienone is 9. The number of aromatic carboxylic acids is 1. The van der Waals surface area contributed by atoms with Gasteiger partial charge in [-0.2, -0.15) is 0 Å². The molecule has 0 saturated heterocycles. The minimum atomic E-state index is -1.04. The molecule has 0 radical (unpaired) electrons. The molecule has 1 aliphatic carbocycles. The first-order valence-corrected chi connectivity index (χ1v) is 10.5. The Balaban J connectivity index is 2.43. The Morgan fingerprint density at radius 1 is 1.06 bits per heavy atom. The van der Waals surface area contributed by atoms with Gasteiger partial charge in [-0.25, -0.2) is 9.59 Å². The van der Waals surface area contributed by atoms with E-state index in [-0.39, 0.29) is 11.0 Å². The summed E-state index contributed by atoms with van der Waals surface area (Å²) in [5.74, 6) is -2.06. The zero-order valence-corrected chi connectivity index (χ0v) is 19.0. The number of aliphatic carboxylic acids is 1. The van der Waals surface area contributed by atoms with Crippen molar-refractivity contribution in [2.24, 2.45) is 5.41 Å². The number of hydrogen-bond acceptors (Lipinski definition) is 2. The van der Waals surface area contributed by atoms with Crippen LogP contribution in [0.4, 0.5) is 0 Å². The second-order valence-corrected chi connectivity index (χ2v) is 8.81. The lowest BCUT2D eigenvalue weighted by Gasteiger charge is -2.32. The van der Waals surface area contributed by atoms with Crippen LogP contribution in [0.1, 0.15) is 69.8 Å². The molecule has 2 rings (SSSR count). The molecule has 0 saturated carbocycles. The molecule has 0 bridgehead atoms. The second kappa shape index (κ2) is 10.3. The number of benzene rings is 1. The molecule has 1 aliphatic rings. The van der Waals surface area contributed by atoms with E-state index in [2.05, 4.69) is 32.9 Å². The minimum Gasteiger partial charge on any atom is -0.478 e. The lowest BCUT2D eigenvalue weighted by atomic mass is 9.72. The molecule has 0 aliphatic heterocycles. The predicted octanol–water partition coefficient (Wildman–Crippen LogP) is 6.83. The maximum Gasteiger partial charge on any atom is 0.335 e. The van der Waals surface area contributed by atoms with Gasteiger partial charge in [0.15, 0.2) is 0 Å². The van der Waals surface area contributed by atoms with Crippen LogP contribution in [-0.2, 0) is 4.79 Å². The van der Waals surface area contributed by atoms with Gasteiger partial charge in [0.25, 0.3) is 0 Å². The van der Waals surface area contributed by atoms with Gasteiger partial charge < -0.3 is 10.2 Å².